The quantitative estimate of drug-likeness (QED) is 0.895. The van der Waals surface area contributed by atoms with Crippen molar-refractivity contribution in [1.82, 2.24) is 4.90 Å². The molecule has 3 nitrogen and oxygen atoms in total. The number of hydrogen-bond acceptors (Lipinski definition) is 3. The van der Waals surface area contributed by atoms with Crippen molar-refractivity contribution in [1.29, 1.82) is 0 Å². The minimum absolute atomic E-state index is 0.726. The summed E-state index contributed by atoms with van der Waals surface area (Å²) in [6.07, 6.45) is 3.62. The molecular formula is C17H29N3. The van der Waals surface area contributed by atoms with E-state index >= 15 is 0 Å². The van der Waals surface area contributed by atoms with Gasteiger partial charge in [-0.25, -0.2) is 0 Å². The van der Waals surface area contributed by atoms with E-state index in [-0.39, 0.29) is 0 Å². The summed E-state index contributed by atoms with van der Waals surface area (Å²) in [6, 6.07) is 6.77. The molecule has 0 atom stereocenters. The zero-order valence-corrected chi connectivity index (χ0v) is 13.2. The van der Waals surface area contributed by atoms with E-state index in [4.69, 9.17) is 5.73 Å². The van der Waals surface area contributed by atoms with Crippen molar-refractivity contribution < 1.29 is 0 Å². The van der Waals surface area contributed by atoms with Gasteiger partial charge >= 0.3 is 0 Å². The summed E-state index contributed by atoms with van der Waals surface area (Å²) >= 11 is 0. The highest BCUT2D eigenvalue weighted by atomic mass is 15.1. The van der Waals surface area contributed by atoms with Crippen molar-refractivity contribution in [3.8, 4) is 0 Å². The largest absolute Gasteiger partial charge is 0.374 e. The number of benzene rings is 1. The summed E-state index contributed by atoms with van der Waals surface area (Å²) in [5, 5.41) is 0. The van der Waals surface area contributed by atoms with Crippen LogP contribution in [-0.4, -0.2) is 45.2 Å². The number of nitrogens with zero attached hydrogens (tertiary/aromatic N) is 2. The molecule has 1 aromatic rings. The molecule has 112 valence electrons. The molecule has 1 aliphatic heterocycles. The number of likely N-dealkylation sites (tertiary alicyclic amines) is 1. The second-order valence-electron chi connectivity index (χ2n) is 6.29. The number of aryl methyl sites for hydroxylation is 1. The van der Waals surface area contributed by atoms with Crippen LogP contribution in [0.4, 0.5) is 5.69 Å². The Morgan fingerprint density at radius 2 is 2.00 bits per heavy atom. The maximum absolute atomic E-state index is 5.63. The SMILES string of the molecule is Cc1cc(CCN)ccc1N(C)CC1CCN(C)CC1. The topological polar surface area (TPSA) is 32.5 Å². The molecule has 0 unspecified atom stereocenters. The zero-order chi connectivity index (χ0) is 14.5. The van der Waals surface area contributed by atoms with E-state index in [9.17, 15) is 0 Å². The van der Waals surface area contributed by atoms with Gasteiger partial charge in [-0.05, 0) is 76.0 Å². The predicted octanol–water partition coefficient (Wildman–Crippen LogP) is 2.27. The highest BCUT2D eigenvalue weighted by molar-refractivity contribution is 5.54. The van der Waals surface area contributed by atoms with Crippen LogP contribution in [0.15, 0.2) is 18.2 Å². The minimum Gasteiger partial charge on any atom is -0.374 e. The van der Waals surface area contributed by atoms with Gasteiger partial charge in [0.1, 0.15) is 0 Å². The molecule has 0 radical (unpaired) electrons. The molecular weight excluding hydrogens is 246 g/mol. The van der Waals surface area contributed by atoms with Crippen LogP contribution >= 0.6 is 0 Å². The first-order valence-corrected chi connectivity index (χ1v) is 7.79. The second kappa shape index (κ2) is 7.09. The third-order valence-electron chi connectivity index (χ3n) is 4.48. The van der Waals surface area contributed by atoms with E-state index in [0.29, 0.717) is 0 Å². The number of nitrogens with two attached hydrogens (primary N) is 1. The fraction of sp³-hybridized carbons (Fsp3) is 0.647. The lowest BCUT2D eigenvalue weighted by Crippen LogP contribution is -2.35. The molecule has 0 amide bonds. The van der Waals surface area contributed by atoms with Gasteiger partial charge in [0.15, 0.2) is 0 Å². The predicted molar refractivity (Wildman–Crippen MR) is 87.4 cm³/mol. The summed E-state index contributed by atoms with van der Waals surface area (Å²) in [5.74, 6) is 0.833. The van der Waals surface area contributed by atoms with E-state index in [2.05, 4.69) is 49.0 Å². The van der Waals surface area contributed by atoms with Gasteiger partial charge in [-0.1, -0.05) is 12.1 Å². The molecule has 2 rings (SSSR count). The molecule has 1 heterocycles. The van der Waals surface area contributed by atoms with Crippen LogP contribution in [0.3, 0.4) is 0 Å². The molecule has 0 spiro atoms. The zero-order valence-electron chi connectivity index (χ0n) is 13.2. The van der Waals surface area contributed by atoms with Gasteiger partial charge in [-0.15, -0.1) is 0 Å². The number of anilines is 1. The fourth-order valence-electron chi connectivity index (χ4n) is 3.20. The van der Waals surface area contributed by atoms with Crippen molar-refractivity contribution in [2.24, 2.45) is 11.7 Å². The molecule has 20 heavy (non-hydrogen) atoms. The minimum atomic E-state index is 0.726. The van der Waals surface area contributed by atoms with E-state index in [0.717, 1.165) is 18.9 Å². The van der Waals surface area contributed by atoms with Crippen LogP contribution in [0.1, 0.15) is 24.0 Å². The van der Waals surface area contributed by atoms with Gasteiger partial charge in [0.05, 0.1) is 0 Å². The van der Waals surface area contributed by atoms with E-state index < -0.39 is 0 Å². The molecule has 3 heteroatoms. The number of hydrogen-bond donors (Lipinski definition) is 1. The Morgan fingerprint density at radius 1 is 1.30 bits per heavy atom. The lowest BCUT2D eigenvalue weighted by atomic mass is 9.96. The van der Waals surface area contributed by atoms with Crippen molar-refractivity contribution in [2.75, 3.05) is 45.2 Å². The molecule has 1 saturated heterocycles. The Balaban J connectivity index is 1.96. The summed E-state index contributed by atoms with van der Waals surface area (Å²) < 4.78 is 0. The van der Waals surface area contributed by atoms with Crippen molar-refractivity contribution in [2.45, 2.75) is 26.2 Å². The van der Waals surface area contributed by atoms with E-state index in [1.165, 1.54) is 49.3 Å². The van der Waals surface area contributed by atoms with Crippen LogP contribution in [0, 0.1) is 12.8 Å². The summed E-state index contributed by atoms with van der Waals surface area (Å²) in [4.78, 5) is 4.86. The average molecular weight is 275 g/mol. The first kappa shape index (κ1) is 15.3. The molecule has 0 aliphatic carbocycles. The van der Waals surface area contributed by atoms with Gasteiger partial charge < -0.3 is 15.5 Å². The third-order valence-corrected chi connectivity index (χ3v) is 4.48. The maximum atomic E-state index is 5.63. The summed E-state index contributed by atoms with van der Waals surface area (Å²) in [6.45, 7) is 6.59. The standard InChI is InChI=1S/C17H29N3/c1-14-12-15(6-9-18)4-5-17(14)20(3)13-16-7-10-19(2)11-8-16/h4-5,12,16H,6-11,13,18H2,1-3H3. The average Bonchev–Trinajstić information content (AvgIpc) is 2.42. The van der Waals surface area contributed by atoms with Crippen LogP contribution in [0.5, 0.6) is 0 Å². The highest BCUT2D eigenvalue weighted by Crippen LogP contribution is 2.24. The number of rotatable bonds is 5. The van der Waals surface area contributed by atoms with Crippen LogP contribution in [0.25, 0.3) is 0 Å². The Hall–Kier alpha value is -1.06. The lowest BCUT2D eigenvalue weighted by molar-refractivity contribution is 0.222. The van der Waals surface area contributed by atoms with Crippen LogP contribution in [0.2, 0.25) is 0 Å². The Kier molecular flexibility index (Phi) is 5.44. The van der Waals surface area contributed by atoms with Gasteiger partial charge in [-0.2, -0.15) is 0 Å². The van der Waals surface area contributed by atoms with E-state index in [1.54, 1.807) is 0 Å². The second-order valence-corrected chi connectivity index (χ2v) is 6.29. The molecule has 0 bridgehead atoms. The first-order chi connectivity index (χ1) is 9.60. The van der Waals surface area contributed by atoms with Crippen molar-refractivity contribution in [3.63, 3.8) is 0 Å². The Morgan fingerprint density at radius 3 is 2.60 bits per heavy atom. The molecule has 1 fully saturated rings. The summed E-state index contributed by atoms with van der Waals surface area (Å²) in [7, 11) is 4.45. The lowest BCUT2D eigenvalue weighted by Gasteiger charge is -2.33. The monoisotopic (exact) mass is 275 g/mol. The molecule has 0 saturated carbocycles. The van der Waals surface area contributed by atoms with Crippen LogP contribution < -0.4 is 10.6 Å². The van der Waals surface area contributed by atoms with Gasteiger partial charge in [0, 0.05) is 19.3 Å². The molecule has 1 aromatic carbocycles. The third kappa shape index (κ3) is 3.97. The Bertz CT molecular complexity index is 422. The number of piperidine rings is 1. The smallest absolute Gasteiger partial charge is 0.0393 e. The van der Waals surface area contributed by atoms with Gasteiger partial charge in [0.25, 0.3) is 0 Å². The van der Waals surface area contributed by atoms with Crippen LogP contribution in [-0.2, 0) is 6.42 Å². The normalized spacial score (nSPS) is 17.4. The van der Waals surface area contributed by atoms with Gasteiger partial charge in [0.2, 0.25) is 0 Å². The summed E-state index contributed by atoms with van der Waals surface area (Å²) in [5.41, 5.74) is 9.71. The molecule has 0 aromatic heterocycles. The van der Waals surface area contributed by atoms with Crippen molar-refractivity contribution in [3.05, 3.63) is 29.3 Å². The molecule has 2 N–H and O–H groups in total. The Labute approximate surface area is 123 Å². The molecule has 1 aliphatic rings. The first-order valence-electron chi connectivity index (χ1n) is 7.79. The maximum Gasteiger partial charge on any atom is 0.0393 e. The van der Waals surface area contributed by atoms with Gasteiger partial charge in [-0.3, -0.25) is 0 Å². The van der Waals surface area contributed by atoms with Crippen molar-refractivity contribution >= 4 is 5.69 Å². The fourth-order valence-corrected chi connectivity index (χ4v) is 3.20. The highest BCUT2D eigenvalue weighted by Gasteiger charge is 2.18. The van der Waals surface area contributed by atoms with E-state index in [1.807, 2.05) is 0 Å².